The van der Waals surface area contributed by atoms with Crippen molar-refractivity contribution in [3.63, 3.8) is 0 Å². The lowest BCUT2D eigenvalue weighted by Gasteiger charge is -2.06. The first kappa shape index (κ1) is 11.0. The summed E-state index contributed by atoms with van der Waals surface area (Å²) in [7, 11) is 0. The monoisotopic (exact) mass is 266 g/mol. The Hall–Kier alpha value is -1.10. The highest BCUT2D eigenvalue weighted by atomic mass is 35.5. The van der Waals surface area contributed by atoms with E-state index < -0.39 is 0 Å². The Balaban J connectivity index is 2.21. The van der Waals surface area contributed by atoms with Gasteiger partial charge >= 0.3 is 0 Å². The van der Waals surface area contributed by atoms with E-state index in [2.05, 4.69) is 4.98 Å². The number of benzene rings is 1. The minimum absolute atomic E-state index is 0.481. The first-order valence-corrected chi connectivity index (χ1v) is 6.59. The van der Waals surface area contributed by atoms with Crippen LogP contribution in [0.3, 0.4) is 0 Å². The van der Waals surface area contributed by atoms with Crippen LogP contribution in [0.4, 0.5) is 0 Å². The summed E-state index contributed by atoms with van der Waals surface area (Å²) < 4.78 is 5.69. The lowest BCUT2D eigenvalue weighted by molar-refractivity contribution is 0.327. The van der Waals surface area contributed by atoms with Gasteiger partial charge in [-0.25, -0.2) is 4.98 Å². The molecule has 5 heteroatoms. The Morgan fingerprint density at radius 3 is 3.18 bits per heavy atom. The third-order valence-electron chi connectivity index (χ3n) is 2.70. The molecule has 1 aliphatic rings. The molecule has 1 aromatic heterocycles. The van der Waals surface area contributed by atoms with Gasteiger partial charge in [-0.05, 0) is 18.2 Å². The predicted octanol–water partition coefficient (Wildman–Crippen LogP) is 2.86. The van der Waals surface area contributed by atoms with Crippen LogP contribution >= 0.6 is 22.9 Å². The van der Waals surface area contributed by atoms with Gasteiger partial charge in [0.1, 0.15) is 10.8 Å². The number of thiazole rings is 1. The molecule has 0 aliphatic carbocycles. The number of ether oxygens (including phenoxy) is 1. The molecule has 0 amide bonds. The molecule has 0 atom stereocenters. The van der Waals surface area contributed by atoms with Gasteiger partial charge in [-0.15, -0.1) is 11.3 Å². The fraction of sp³-hybridized carbons (Fsp3) is 0.250. The molecule has 0 radical (unpaired) electrons. The molecule has 17 heavy (non-hydrogen) atoms. The molecule has 0 fully saturated rings. The number of fused-ring (bicyclic) bond motifs is 3. The lowest BCUT2D eigenvalue weighted by atomic mass is 10.1. The van der Waals surface area contributed by atoms with Crippen LogP contribution in [0.25, 0.3) is 11.3 Å². The number of aromatic nitrogens is 1. The van der Waals surface area contributed by atoms with E-state index >= 15 is 0 Å². The minimum Gasteiger partial charge on any atom is -0.493 e. The zero-order valence-corrected chi connectivity index (χ0v) is 10.6. The van der Waals surface area contributed by atoms with Crippen LogP contribution in [0.1, 0.15) is 9.88 Å². The molecule has 3 nitrogen and oxygen atoms in total. The van der Waals surface area contributed by atoms with Crippen molar-refractivity contribution in [3.8, 4) is 17.0 Å². The molecule has 1 aromatic carbocycles. The lowest BCUT2D eigenvalue weighted by Crippen LogP contribution is -1.98. The van der Waals surface area contributed by atoms with Crippen molar-refractivity contribution >= 4 is 22.9 Å². The Bertz CT molecular complexity index is 568. The van der Waals surface area contributed by atoms with Gasteiger partial charge in [0.05, 0.1) is 12.3 Å². The van der Waals surface area contributed by atoms with Crippen LogP contribution in [0, 0.1) is 0 Å². The zero-order chi connectivity index (χ0) is 11.8. The highest BCUT2D eigenvalue weighted by molar-refractivity contribution is 7.12. The topological polar surface area (TPSA) is 48.1 Å². The predicted molar refractivity (Wildman–Crippen MR) is 69.7 cm³/mol. The first-order valence-electron chi connectivity index (χ1n) is 5.39. The number of halogens is 1. The van der Waals surface area contributed by atoms with Crippen molar-refractivity contribution in [3.05, 3.63) is 33.1 Å². The van der Waals surface area contributed by atoms with Gasteiger partial charge in [0.2, 0.25) is 0 Å². The minimum atomic E-state index is 0.481. The van der Waals surface area contributed by atoms with Crippen LogP contribution in [0.2, 0.25) is 5.02 Å². The quantitative estimate of drug-likeness (QED) is 0.863. The molecule has 2 heterocycles. The molecule has 0 unspecified atom stereocenters. The summed E-state index contributed by atoms with van der Waals surface area (Å²) in [6, 6.07) is 5.64. The van der Waals surface area contributed by atoms with E-state index in [1.54, 1.807) is 11.3 Å². The molecule has 0 saturated heterocycles. The third-order valence-corrected chi connectivity index (χ3v) is 4.07. The molecule has 2 N–H and O–H groups in total. The van der Waals surface area contributed by atoms with Gasteiger partial charge in [0.25, 0.3) is 0 Å². The van der Waals surface area contributed by atoms with Crippen LogP contribution in [0.5, 0.6) is 5.75 Å². The summed E-state index contributed by atoms with van der Waals surface area (Å²) >= 11 is 7.69. The van der Waals surface area contributed by atoms with Gasteiger partial charge in [0, 0.05) is 28.4 Å². The normalized spacial score (nSPS) is 13.5. The smallest absolute Gasteiger partial charge is 0.128 e. The summed E-state index contributed by atoms with van der Waals surface area (Å²) in [6.45, 7) is 1.16. The Morgan fingerprint density at radius 2 is 2.35 bits per heavy atom. The largest absolute Gasteiger partial charge is 0.493 e. The standard InChI is InChI=1S/C12H11ClN2OS/c13-7-1-2-9-8(5-7)12-10(3-4-16-9)17-11(6-14)15-12/h1-2,5H,3-4,6,14H2. The second-order valence-corrected chi connectivity index (χ2v) is 5.43. The first-order chi connectivity index (χ1) is 8.28. The molecule has 0 bridgehead atoms. The van der Waals surface area contributed by atoms with E-state index in [-0.39, 0.29) is 0 Å². The van der Waals surface area contributed by atoms with Gasteiger partial charge in [-0.3, -0.25) is 0 Å². The third kappa shape index (κ3) is 1.92. The van der Waals surface area contributed by atoms with Crippen LogP contribution in [0.15, 0.2) is 18.2 Å². The molecule has 88 valence electrons. The summed E-state index contributed by atoms with van der Waals surface area (Å²) in [5, 5.41) is 1.66. The second kappa shape index (κ2) is 4.29. The van der Waals surface area contributed by atoms with E-state index in [1.807, 2.05) is 18.2 Å². The number of hydrogen-bond donors (Lipinski definition) is 1. The number of nitrogens with two attached hydrogens (primary N) is 1. The van der Waals surface area contributed by atoms with Crippen molar-refractivity contribution in [2.75, 3.05) is 6.61 Å². The average molecular weight is 267 g/mol. The van der Waals surface area contributed by atoms with Crippen LogP contribution in [-0.4, -0.2) is 11.6 Å². The molecule has 1 aliphatic heterocycles. The highest BCUT2D eigenvalue weighted by Crippen LogP contribution is 2.38. The molecule has 3 rings (SSSR count). The van der Waals surface area contributed by atoms with Gasteiger partial charge in [0.15, 0.2) is 0 Å². The fourth-order valence-electron chi connectivity index (χ4n) is 1.93. The summed E-state index contributed by atoms with van der Waals surface area (Å²) in [5.41, 5.74) is 7.59. The van der Waals surface area contributed by atoms with Crippen LogP contribution in [-0.2, 0) is 13.0 Å². The summed E-state index contributed by atoms with van der Waals surface area (Å²) in [5.74, 6) is 0.849. The van der Waals surface area contributed by atoms with Gasteiger partial charge in [-0.1, -0.05) is 11.6 Å². The second-order valence-electron chi connectivity index (χ2n) is 3.82. The fourth-order valence-corrected chi connectivity index (χ4v) is 3.05. The molecular formula is C12H11ClN2OS. The van der Waals surface area contributed by atoms with E-state index in [4.69, 9.17) is 22.1 Å². The van der Waals surface area contributed by atoms with Gasteiger partial charge < -0.3 is 10.5 Å². The van der Waals surface area contributed by atoms with E-state index in [0.717, 1.165) is 28.4 Å². The molecule has 0 saturated carbocycles. The van der Waals surface area contributed by atoms with Crippen molar-refractivity contribution in [1.29, 1.82) is 0 Å². The Morgan fingerprint density at radius 1 is 1.47 bits per heavy atom. The van der Waals surface area contributed by atoms with Crippen LogP contribution < -0.4 is 10.5 Å². The summed E-state index contributed by atoms with van der Waals surface area (Å²) in [4.78, 5) is 5.79. The van der Waals surface area contributed by atoms with Crippen molar-refractivity contribution in [2.24, 2.45) is 5.73 Å². The number of nitrogens with zero attached hydrogens (tertiary/aromatic N) is 1. The number of hydrogen-bond acceptors (Lipinski definition) is 4. The van der Waals surface area contributed by atoms with E-state index in [9.17, 15) is 0 Å². The maximum atomic E-state index is 6.03. The number of rotatable bonds is 1. The summed E-state index contributed by atoms with van der Waals surface area (Å²) in [6.07, 6.45) is 0.874. The maximum absolute atomic E-state index is 6.03. The Labute approximate surface area is 108 Å². The zero-order valence-electron chi connectivity index (χ0n) is 9.07. The van der Waals surface area contributed by atoms with Crippen molar-refractivity contribution < 1.29 is 4.74 Å². The Kier molecular flexibility index (Phi) is 2.78. The van der Waals surface area contributed by atoms with Gasteiger partial charge in [-0.2, -0.15) is 0 Å². The SMILES string of the molecule is NCc1nc2c(s1)CCOc1ccc(Cl)cc1-2. The van der Waals surface area contributed by atoms with E-state index in [1.165, 1.54) is 4.88 Å². The average Bonchev–Trinajstić information content (AvgIpc) is 2.67. The maximum Gasteiger partial charge on any atom is 0.128 e. The van der Waals surface area contributed by atoms with E-state index in [0.29, 0.717) is 18.2 Å². The van der Waals surface area contributed by atoms with Crippen molar-refractivity contribution in [2.45, 2.75) is 13.0 Å². The molecular weight excluding hydrogens is 256 g/mol. The highest BCUT2D eigenvalue weighted by Gasteiger charge is 2.20. The molecule has 0 spiro atoms. The molecule has 2 aromatic rings. The van der Waals surface area contributed by atoms with Crippen molar-refractivity contribution in [1.82, 2.24) is 4.98 Å².